The van der Waals surface area contributed by atoms with Crippen LogP contribution >= 0.6 is 23.1 Å². The highest BCUT2D eigenvalue weighted by molar-refractivity contribution is 7.98. The molecule has 1 saturated carbocycles. The second kappa shape index (κ2) is 7.13. The van der Waals surface area contributed by atoms with E-state index in [0.717, 1.165) is 34.0 Å². The number of carbonyl (C=O) groups is 1. The van der Waals surface area contributed by atoms with Gasteiger partial charge in [0.2, 0.25) is 0 Å². The second-order valence-electron chi connectivity index (χ2n) is 6.06. The van der Waals surface area contributed by atoms with E-state index in [1.807, 2.05) is 25.3 Å². The largest absolute Gasteiger partial charge is 0.304 e. The second-order valence-corrected chi connectivity index (χ2v) is 8.04. The van der Waals surface area contributed by atoms with Crippen LogP contribution < -0.4 is 5.32 Å². The lowest BCUT2D eigenvalue weighted by Crippen LogP contribution is -2.16. The van der Waals surface area contributed by atoms with Gasteiger partial charge in [-0.3, -0.25) is 9.78 Å². The predicted octanol–water partition coefficient (Wildman–Crippen LogP) is 4.16. The molecule has 0 aromatic carbocycles. The normalized spacial score (nSPS) is 13.6. The Morgan fingerprint density at radius 3 is 2.85 bits per heavy atom. The van der Waals surface area contributed by atoms with Crippen LogP contribution in [-0.4, -0.2) is 32.1 Å². The van der Waals surface area contributed by atoms with Gasteiger partial charge in [-0.25, -0.2) is 15.0 Å². The summed E-state index contributed by atoms with van der Waals surface area (Å²) in [4.78, 5) is 31.2. The molecular formula is C18H17N5OS2. The number of amides is 1. The molecule has 3 heterocycles. The number of aromatic nitrogens is 4. The van der Waals surface area contributed by atoms with E-state index in [9.17, 15) is 4.79 Å². The lowest BCUT2D eigenvalue weighted by molar-refractivity contribution is 0.102. The molecular weight excluding hydrogens is 366 g/mol. The van der Waals surface area contributed by atoms with Gasteiger partial charge in [-0.1, -0.05) is 11.8 Å². The first kappa shape index (κ1) is 17.1. The fourth-order valence-electron chi connectivity index (χ4n) is 2.54. The maximum atomic E-state index is 12.7. The summed E-state index contributed by atoms with van der Waals surface area (Å²) >= 11 is 2.98. The lowest BCUT2D eigenvalue weighted by atomic mass is 10.2. The van der Waals surface area contributed by atoms with Crippen molar-refractivity contribution in [1.82, 2.24) is 19.9 Å². The predicted molar refractivity (Wildman–Crippen MR) is 104 cm³/mol. The number of hydrogen-bond donors (Lipinski definition) is 1. The van der Waals surface area contributed by atoms with E-state index >= 15 is 0 Å². The van der Waals surface area contributed by atoms with Gasteiger partial charge in [-0.15, -0.1) is 11.3 Å². The van der Waals surface area contributed by atoms with E-state index in [-0.39, 0.29) is 5.91 Å². The Morgan fingerprint density at radius 1 is 1.31 bits per heavy atom. The van der Waals surface area contributed by atoms with Crippen LogP contribution in [0.15, 0.2) is 35.7 Å². The minimum Gasteiger partial charge on any atom is -0.304 e. The lowest BCUT2D eigenvalue weighted by Gasteiger charge is -2.06. The van der Waals surface area contributed by atoms with Gasteiger partial charge in [0.1, 0.15) is 16.5 Å². The molecule has 26 heavy (non-hydrogen) atoms. The zero-order valence-corrected chi connectivity index (χ0v) is 16.0. The zero-order valence-electron chi connectivity index (χ0n) is 14.4. The molecule has 1 amide bonds. The average molecular weight is 384 g/mol. The molecule has 3 aromatic heterocycles. The molecule has 1 aliphatic rings. The van der Waals surface area contributed by atoms with Crippen molar-refractivity contribution in [2.45, 2.75) is 30.8 Å². The van der Waals surface area contributed by atoms with E-state index < -0.39 is 0 Å². The minimum atomic E-state index is -0.254. The highest BCUT2D eigenvalue weighted by Crippen LogP contribution is 2.39. The summed E-state index contributed by atoms with van der Waals surface area (Å²) in [6.07, 6.45) is 7.67. The Labute approximate surface area is 159 Å². The number of nitrogens with one attached hydrogen (secondary N) is 1. The Balaban J connectivity index is 1.59. The topological polar surface area (TPSA) is 80.7 Å². The van der Waals surface area contributed by atoms with Gasteiger partial charge < -0.3 is 5.32 Å². The van der Waals surface area contributed by atoms with Crippen molar-refractivity contribution < 1.29 is 4.79 Å². The van der Waals surface area contributed by atoms with Gasteiger partial charge in [0.15, 0.2) is 5.16 Å². The van der Waals surface area contributed by atoms with Gasteiger partial charge in [0.25, 0.3) is 5.91 Å². The summed E-state index contributed by atoms with van der Waals surface area (Å²) in [6.45, 7) is 1.94. The third-order valence-electron chi connectivity index (χ3n) is 4.07. The Kier molecular flexibility index (Phi) is 4.69. The first-order chi connectivity index (χ1) is 12.6. The molecule has 1 fully saturated rings. The average Bonchev–Trinajstić information content (AvgIpc) is 3.46. The van der Waals surface area contributed by atoms with Crippen molar-refractivity contribution in [1.29, 1.82) is 0 Å². The SMILES string of the molecule is CSc1nc(C(=O)Nc2nc(-c3cccnc3)sc2C)cc(C2CC2)n1. The van der Waals surface area contributed by atoms with Crippen LogP contribution in [0.4, 0.5) is 5.82 Å². The van der Waals surface area contributed by atoms with Crippen molar-refractivity contribution >= 4 is 34.8 Å². The van der Waals surface area contributed by atoms with Crippen LogP contribution in [0.1, 0.15) is 39.8 Å². The first-order valence-electron chi connectivity index (χ1n) is 8.26. The molecule has 0 spiro atoms. The van der Waals surface area contributed by atoms with Crippen LogP contribution in [0.2, 0.25) is 0 Å². The van der Waals surface area contributed by atoms with Crippen LogP contribution in [0, 0.1) is 6.92 Å². The Hall–Kier alpha value is -2.32. The minimum absolute atomic E-state index is 0.254. The fraction of sp³-hybridized carbons (Fsp3) is 0.278. The molecule has 0 radical (unpaired) electrons. The highest BCUT2D eigenvalue weighted by Gasteiger charge is 2.27. The number of thioether (sulfide) groups is 1. The third-order valence-corrected chi connectivity index (χ3v) is 5.64. The van der Waals surface area contributed by atoms with E-state index in [1.165, 1.54) is 23.1 Å². The number of pyridine rings is 1. The van der Waals surface area contributed by atoms with Gasteiger partial charge in [-0.05, 0) is 44.2 Å². The molecule has 0 aliphatic heterocycles. The van der Waals surface area contributed by atoms with Crippen LogP contribution in [0.5, 0.6) is 0 Å². The van der Waals surface area contributed by atoms with Crippen molar-refractivity contribution in [2.24, 2.45) is 0 Å². The van der Waals surface area contributed by atoms with Crippen LogP contribution in [0.25, 0.3) is 10.6 Å². The molecule has 0 bridgehead atoms. The number of rotatable bonds is 5. The molecule has 1 aliphatic carbocycles. The summed E-state index contributed by atoms with van der Waals surface area (Å²) in [6, 6.07) is 5.62. The van der Waals surface area contributed by atoms with Crippen molar-refractivity contribution in [2.75, 3.05) is 11.6 Å². The van der Waals surface area contributed by atoms with E-state index in [1.54, 1.807) is 18.5 Å². The van der Waals surface area contributed by atoms with Gasteiger partial charge >= 0.3 is 0 Å². The quantitative estimate of drug-likeness (QED) is 0.526. The number of anilines is 1. The maximum absolute atomic E-state index is 12.7. The summed E-state index contributed by atoms with van der Waals surface area (Å²) < 4.78 is 0. The number of thiazole rings is 1. The number of aryl methyl sites for hydroxylation is 1. The molecule has 132 valence electrons. The van der Waals surface area contributed by atoms with E-state index in [4.69, 9.17) is 0 Å². The van der Waals surface area contributed by atoms with Crippen molar-refractivity contribution in [3.63, 3.8) is 0 Å². The van der Waals surface area contributed by atoms with Gasteiger partial charge in [0, 0.05) is 34.4 Å². The molecule has 1 N–H and O–H groups in total. The number of nitrogens with zero attached hydrogens (tertiary/aromatic N) is 4. The Morgan fingerprint density at radius 2 is 2.15 bits per heavy atom. The summed E-state index contributed by atoms with van der Waals surface area (Å²) in [5.41, 5.74) is 2.28. The van der Waals surface area contributed by atoms with E-state index in [2.05, 4.69) is 25.3 Å². The molecule has 0 unspecified atom stereocenters. The fourth-order valence-corrected chi connectivity index (χ4v) is 3.78. The Bertz CT molecular complexity index is 953. The van der Waals surface area contributed by atoms with Crippen molar-refractivity contribution in [3.8, 4) is 10.6 Å². The van der Waals surface area contributed by atoms with Crippen LogP contribution in [-0.2, 0) is 0 Å². The van der Waals surface area contributed by atoms with E-state index in [0.29, 0.717) is 22.6 Å². The number of carbonyl (C=O) groups excluding carboxylic acids is 1. The maximum Gasteiger partial charge on any atom is 0.275 e. The highest BCUT2D eigenvalue weighted by atomic mass is 32.2. The summed E-state index contributed by atoms with van der Waals surface area (Å²) in [5, 5.41) is 4.36. The molecule has 0 saturated heterocycles. The number of hydrogen-bond acceptors (Lipinski definition) is 7. The monoisotopic (exact) mass is 383 g/mol. The molecule has 0 atom stereocenters. The smallest absolute Gasteiger partial charge is 0.275 e. The standard InChI is InChI=1S/C18H17N5OS2/c1-10-15(23-17(26-10)12-4-3-7-19-9-12)22-16(24)14-8-13(11-5-6-11)20-18(21-14)25-2/h3-4,7-9,11H,5-6H2,1-2H3,(H,22,24). The molecule has 8 heteroatoms. The summed E-state index contributed by atoms with van der Waals surface area (Å²) in [7, 11) is 0. The van der Waals surface area contributed by atoms with Crippen molar-refractivity contribution in [3.05, 3.63) is 46.9 Å². The van der Waals surface area contributed by atoms with Gasteiger partial charge in [-0.2, -0.15) is 0 Å². The van der Waals surface area contributed by atoms with Gasteiger partial charge in [0.05, 0.1) is 0 Å². The molecule has 4 rings (SSSR count). The molecule has 3 aromatic rings. The first-order valence-corrected chi connectivity index (χ1v) is 10.3. The molecule has 6 nitrogen and oxygen atoms in total. The zero-order chi connectivity index (χ0) is 18.1. The summed E-state index contributed by atoms with van der Waals surface area (Å²) in [5.74, 6) is 0.778. The van der Waals surface area contributed by atoms with Crippen LogP contribution in [0.3, 0.4) is 0 Å². The third kappa shape index (κ3) is 3.61.